The Labute approximate surface area is 129 Å². The molecule has 6 heteroatoms. The molecule has 0 aliphatic carbocycles. The Morgan fingerprint density at radius 3 is 2.18 bits per heavy atom. The molecule has 0 saturated heterocycles. The zero-order chi connectivity index (χ0) is 16.3. The van der Waals surface area contributed by atoms with Crippen molar-refractivity contribution in [1.82, 2.24) is 0 Å². The van der Waals surface area contributed by atoms with Gasteiger partial charge in [-0.2, -0.15) is 0 Å². The van der Waals surface area contributed by atoms with E-state index < -0.39 is 16.0 Å². The number of para-hydroxylation sites is 1. The lowest BCUT2D eigenvalue weighted by atomic mass is 10.0. The van der Waals surface area contributed by atoms with Crippen molar-refractivity contribution in [2.75, 3.05) is 4.72 Å². The fourth-order valence-electron chi connectivity index (χ4n) is 2.07. The third kappa shape index (κ3) is 3.46. The molecule has 2 N–H and O–H groups in total. The largest absolute Gasteiger partial charge is 0.478 e. The van der Waals surface area contributed by atoms with Crippen LogP contribution in [0, 0.1) is 0 Å². The fourth-order valence-corrected chi connectivity index (χ4v) is 3.16. The minimum Gasteiger partial charge on any atom is -0.478 e. The normalized spacial score (nSPS) is 11.4. The lowest BCUT2D eigenvalue weighted by Crippen LogP contribution is -2.14. The van der Waals surface area contributed by atoms with Gasteiger partial charge in [-0.05, 0) is 41.8 Å². The lowest BCUT2D eigenvalue weighted by molar-refractivity contribution is 0.0696. The van der Waals surface area contributed by atoms with Crippen LogP contribution in [0.1, 0.15) is 35.7 Å². The Bertz CT molecular complexity index is 780. The second kappa shape index (κ2) is 6.19. The number of nitrogens with one attached hydrogen (secondary N) is 1. The SMILES string of the molecule is CC(C)c1ccccc1NS(=O)(=O)c1ccc(C(=O)O)cc1. The molecule has 2 rings (SSSR count). The van der Waals surface area contributed by atoms with Crippen molar-refractivity contribution in [3.63, 3.8) is 0 Å². The maximum absolute atomic E-state index is 12.4. The molecule has 0 aromatic heterocycles. The van der Waals surface area contributed by atoms with E-state index >= 15 is 0 Å². The van der Waals surface area contributed by atoms with E-state index in [-0.39, 0.29) is 16.4 Å². The summed E-state index contributed by atoms with van der Waals surface area (Å²) in [5.41, 5.74) is 1.47. The monoisotopic (exact) mass is 319 g/mol. The van der Waals surface area contributed by atoms with Crippen LogP contribution in [0.5, 0.6) is 0 Å². The number of anilines is 1. The van der Waals surface area contributed by atoms with Crippen LogP contribution in [0.4, 0.5) is 5.69 Å². The molecule has 0 radical (unpaired) electrons. The van der Waals surface area contributed by atoms with Crippen molar-refractivity contribution in [2.24, 2.45) is 0 Å². The van der Waals surface area contributed by atoms with Crippen molar-refractivity contribution < 1.29 is 18.3 Å². The number of aromatic carboxylic acids is 1. The van der Waals surface area contributed by atoms with Crippen LogP contribution >= 0.6 is 0 Å². The summed E-state index contributed by atoms with van der Waals surface area (Å²) >= 11 is 0. The molecule has 0 saturated carbocycles. The molecule has 0 fully saturated rings. The van der Waals surface area contributed by atoms with Crippen LogP contribution < -0.4 is 4.72 Å². The van der Waals surface area contributed by atoms with Gasteiger partial charge in [0.2, 0.25) is 0 Å². The number of carboxylic acids is 1. The summed E-state index contributed by atoms with van der Waals surface area (Å²) in [5, 5.41) is 8.85. The molecule has 0 aliphatic rings. The van der Waals surface area contributed by atoms with Crippen LogP contribution in [0.25, 0.3) is 0 Å². The van der Waals surface area contributed by atoms with E-state index in [1.807, 2.05) is 26.0 Å². The smallest absolute Gasteiger partial charge is 0.335 e. The van der Waals surface area contributed by atoms with Crippen LogP contribution in [-0.4, -0.2) is 19.5 Å². The van der Waals surface area contributed by atoms with Crippen molar-refractivity contribution >= 4 is 21.7 Å². The molecular formula is C16H17NO4S. The number of hydrogen-bond donors (Lipinski definition) is 2. The summed E-state index contributed by atoms with van der Waals surface area (Å²) in [7, 11) is -3.75. The number of carboxylic acid groups (broad SMARTS) is 1. The Morgan fingerprint density at radius 2 is 1.64 bits per heavy atom. The second-order valence-corrected chi connectivity index (χ2v) is 6.86. The highest BCUT2D eigenvalue weighted by molar-refractivity contribution is 7.92. The highest BCUT2D eigenvalue weighted by atomic mass is 32.2. The quantitative estimate of drug-likeness (QED) is 0.885. The average Bonchev–Trinajstić information content (AvgIpc) is 2.47. The number of benzene rings is 2. The minimum atomic E-state index is -3.75. The molecule has 0 amide bonds. The molecule has 0 bridgehead atoms. The van der Waals surface area contributed by atoms with Gasteiger partial charge in [0, 0.05) is 0 Å². The first-order valence-corrected chi connectivity index (χ1v) is 8.24. The van der Waals surface area contributed by atoms with E-state index in [9.17, 15) is 13.2 Å². The van der Waals surface area contributed by atoms with E-state index in [1.54, 1.807) is 12.1 Å². The molecule has 2 aromatic carbocycles. The van der Waals surface area contributed by atoms with Gasteiger partial charge in [-0.1, -0.05) is 32.0 Å². The molecule has 116 valence electrons. The van der Waals surface area contributed by atoms with E-state index in [4.69, 9.17) is 5.11 Å². The van der Waals surface area contributed by atoms with Crippen LogP contribution in [0.15, 0.2) is 53.4 Å². The van der Waals surface area contributed by atoms with Crippen molar-refractivity contribution in [3.8, 4) is 0 Å². The average molecular weight is 319 g/mol. The van der Waals surface area contributed by atoms with Gasteiger partial charge in [0.05, 0.1) is 16.1 Å². The highest BCUT2D eigenvalue weighted by Gasteiger charge is 2.17. The molecule has 0 atom stereocenters. The Morgan fingerprint density at radius 1 is 1.05 bits per heavy atom. The van der Waals surface area contributed by atoms with Gasteiger partial charge in [-0.25, -0.2) is 13.2 Å². The third-order valence-electron chi connectivity index (χ3n) is 3.24. The fraction of sp³-hybridized carbons (Fsp3) is 0.188. The lowest BCUT2D eigenvalue weighted by Gasteiger charge is -2.14. The van der Waals surface area contributed by atoms with E-state index in [2.05, 4.69) is 4.72 Å². The van der Waals surface area contributed by atoms with E-state index in [0.717, 1.165) is 5.56 Å². The molecule has 5 nitrogen and oxygen atoms in total. The zero-order valence-corrected chi connectivity index (χ0v) is 13.1. The van der Waals surface area contributed by atoms with Gasteiger partial charge in [0.1, 0.15) is 0 Å². The third-order valence-corrected chi connectivity index (χ3v) is 4.62. The molecule has 2 aromatic rings. The number of sulfonamides is 1. The Kier molecular flexibility index (Phi) is 4.51. The molecule has 0 heterocycles. The number of carbonyl (C=O) groups is 1. The summed E-state index contributed by atoms with van der Waals surface area (Å²) in [6, 6.07) is 12.3. The molecule has 22 heavy (non-hydrogen) atoms. The van der Waals surface area contributed by atoms with Crippen molar-refractivity contribution in [1.29, 1.82) is 0 Å². The summed E-state index contributed by atoms with van der Waals surface area (Å²) in [4.78, 5) is 10.8. The summed E-state index contributed by atoms with van der Waals surface area (Å²) in [5.74, 6) is -0.921. The summed E-state index contributed by atoms with van der Waals surface area (Å²) in [6.45, 7) is 3.96. The maximum Gasteiger partial charge on any atom is 0.335 e. The Hall–Kier alpha value is -2.34. The van der Waals surface area contributed by atoms with Crippen LogP contribution in [0.3, 0.4) is 0 Å². The van der Waals surface area contributed by atoms with Gasteiger partial charge in [-0.15, -0.1) is 0 Å². The molecule has 0 aliphatic heterocycles. The van der Waals surface area contributed by atoms with Gasteiger partial charge in [0.25, 0.3) is 10.0 Å². The van der Waals surface area contributed by atoms with Crippen molar-refractivity contribution in [2.45, 2.75) is 24.7 Å². The predicted molar refractivity (Wildman–Crippen MR) is 84.7 cm³/mol. The predicted octanol–water partition coefficient (Wildman–Crippen LogP) is 3.31. The van der Waals surface area contributed by atoms with Gasteiger partial charge in [0.15, 0.2) is 0 Å². The van der Waals surface area contributed by atoms with Gasteiger partial charge >= 0.3 is 5.97 Å². The Balaban J connectivity index is 2.34. The minimum absolute atomic E-state index is 0.0241. The van der Waals surface area contributed by atoms with Crippen LogP contribution in [0.2, 0.25) is 0 Å². The van der Waals surface area contributed by atoms with Crippen molar-refractivity contribution in [3.05, 3.63) is 59.7 Å². The van der Waals surface area contributed by atoms with Gasteiger partial charge in [-0.3, -0.25) is 4.72 Å². The molecular weight excluding hydrogens is 302 g/mol. The topological polar surface area (TPSA) is 83.5 Å². The van der Waals surface area contributed by atoms with Crippen LogP contribution in [-0.2, 0) is 10.0 Å². The van der Waals surface area contributed by atoms with E-state index in [0.29, 0.717) is 5.69 Å². The first-order valence-electron chi connectivity index (χ1n) is 6.76. The highest BCUT2D eigenvalue weighted by Crippen LogP contribution is 2.26. The zero-order valence-electron chi connectivity index (χ0n) is 12.3. The second-order valence-electron chi connectivity index (χ2n) is 5.18. The number of hydrogen-bond acceptors (Lipinski definition) is 3. The standard InChI is InChI=1S/C16H17NO4S/c1-11(2)14-5-3-4-6-15(14)17-22(20,21)13-9-7-12(8-10-13)16(18)19/h3-11,17H,1-2H3,(H,18,19). The maximum atomic E-state index is 12.4. The van der Waals surface area contributed by atoms with Gasteiger partial charge < -0.3 is 5.11 Å². The number of rotatable bonds is 5. The summed E-state index contributed by atoms with van der Waals surface area (Å²) < 4.78 is 27.4. The molecule has 0 unspecified atom stereocenters. The summed E-state index contributed by atoms with van der Waals surface area (Å²) in [6.07, 6.45) is 0. The first-order chi connectivity index (χ1) is 10.3. The molecule has 0 spiro atoms. The first kappa shape index (κ1) is 16.0. The van der Waals surface area contributed by atoms with E-state index in [1.165, 1.54) is 24.3 Å².